The molecule has 0 aliphatic carbocycles. The van der Waals surface area contributed by atoms with Crippen molar-refractivity contribution in [3.63, 3.8) is 0 Å². The molecule has 2 unspecified atom stereocenters. The molecule has 0 saturated carbocycles. The van der Waals surface area contributed by atoms with Crippen molar-refractivity contribution in [2.75, 3.05) is 25.6 Å². The third kappa shape index (κ3) is 3.75. The van der Waals surface area contributed by atoms with Crippen LogP contribution in [-0.4, -0.2) is 55.5 Å². The Balaban J connectivity index is 2.11. The van der Waals surface area contributed by atoms with Crippen LogP contribution in [0.2, 0.25) is 0 Å². The van der Waals surface area contributed by atoms with Gasteiger partial charge in [0.15, 0.2) is 11.1 Å². The predicted octanol–water partition coefficient (Wildman–Crippen LogP) is 0.478. The van der Waals surface area contributed by atoms with Crippen molar-refractivity contribution in [2.24, 2.45) is 21.2 Å². The van der Waals surface area contributed by atoms with Gasteiger partial charge in [0, 0.05) is 19.8 Å². The van der Waals surface area contributed by atoms with Crippen molar-refractivity contribution in [2.45, 2.75) is 13.0 Å². The van der Waals surface area contributed by atoms with Crippen LogP contribution < -0.4 is 10.0 Å². The van der Waals surface area contributed by atoms with Gasteiger partial charge in [-0.3, -0.25) is 9.59 Å². The lowest BCUT2D eigenvalue weighted by Crippen LogP contribution is -2.44. The maximum atomic E-state index is 12.6. The van der Waals surface area contributed by atoms with E-state index < -0.39 is 38.2 Å². The van der Waals surface area contributed by atoms with Gasteiger partial charge in [0.2, 0.25) is 4.38 Å². The first-order valence-electron chi connectivity index (χ1n) is 8.28. The van der Waals surface area contributed by atoms with Crippen LogP contribution in [0.15, 0.2) is 34.4 Å². The monoisotopic (exact) mass is 425 g/mol. The van der Waals surface area contributed by atoms with E-state index in [0.29, 0.717) is 17.3 Å². The van der Waals surface area contributed by atoms with Gasteiger partial charge < -0.3 is 9.64 Å². The van der Waals surface area contributed by atoms with Gasteiger partial charge in [-0.25, -0.2) is 18.6 Å². The Labute approximate surface area is 166 Å². The minimum atomic E-state index is -4.09. The molecule has 28 heavy (non-hydrogen) atoms. The summed E-state index contributed by atoms with van der Waals surface area (Å²) in [6.07, 6.45) is 0. The molecule has 150 valence electrons. The number of anilines is 1. The van der Waals surface area contributed by atoms with Crippen molar-refractivity contribution in [3.05, 3.63) is 29.8 Å². The molecule has 2 atom stereocenters. The maximum Gasteiger partial charge on any atom is 0.321 e. The summed E-state index contributed by atoms with van der Waals surface area (Å²) in [6, 6.07) is 6.24. The van der Waals surface area contributed by atoms with Crippen molar-refractivity contribution in [1.82, 2.24) is 5.01 Å². The first kappa shape index (κ1) is 20.3. The predicted molar refractivity (Wildman–Crippen MR) is 106 cm³/mol. The largest absolute Gasteiger partial charge is 0.465 e. The number of thioether (sulfide) groups is 1. The van der Waals surface area contributed by atoms with Crippen LogP contribution in [-0.2, 0) is 24.3 Å². The first-order chi connectivity index (χ1) is 13.1. The number of carbonyl (C=O) groups excluding carboxylic acids is 2. The van der Waals surface area contributed by atoms with Gasteiger partial charge in [-0.05, 0) is 36.4 Å². The molecule has 2 N–H and O–H groups in total. The number of ether oxygens (including phenoxy) is 1. The quantitative estimate of drug-likeness (QED) is 0.544. The van der Waals surface area contributed by atoms with Crippen molar-refractivity contribution >= 4 is 48.9 Å². The fraction of sp³-hybridized carbons (Fsp3) is 0.375. The Kier molecular flexibility index (Phi) is 5.46. The number of nitrogens with zero attached hydrogens (tertiary/aromatic N) is 4. The van der Waals surface area contributed by atoms with Gasteiger partial charge in [0.1, 0.15) is 6.04 Å². The molecule has 3 rings (SSSR count). The number of nitrogens with two attached hydrogens (primary N) is 1. The number of amides is 1. The van der Waals surface area contributed by atoms with Crippen molar-refractivity contribution in [3.8, 4) is 0 Å². The molecular weight excluding hydrogens is 406 g/mol. The molecule has 0 saturated heterocycles. The van der Waals surface area contributed by atoms with Crippen LogP contribution in [0.4, 0.5) is 5.69 Å². The lowest BCUT2D eigenvalue weighted by molar-refractivity contribution is -0.154. The van der Waals surface area contributed by atoms with E-state index >= 15 is 0 Å². The van der Waals surface area contributed by atoms with Gasteiger partial charge in [0.25, 0.3) is 15.9 Å². The third-order valence-corrected chi connectivity index (χ3v) is 6.38. The fourth-order valence-electron chi connectivity index (χ4n) is 2.85. The highest BCUT2D eigenvalue weighted by Gasteiger charge is 2.49. The molecule has 0 aromatic heterocycles. The second-order valence-corrected chi connectivity index (χ2v) is 8.94. The lowest BCUT2D eigenvalue weighted by Gasteiger charge is -2.33. The topological polar surface area (TPSA) is 135 Å². The number of benzene rings is 1. The smallest absolute Gasteiger partial charge is 0.321 e. The van der Waals surface area contributed by atoms with E-state index in [1.165, 1.54) is 5.01 Å². The van der Waals surface area contributed by atoms with Crippen LogP contribution in [0.1, 0.15) is 18.5 Å². The summed E-state index contributed by atoms with van der Waals surface area (Å²) < 4.78 is 28.1. The number of carbonyl (C=O) groups is 2. The van der Waals surface area contributed by atoms with E-state index in [9.17, 15) is 18.0 Å². The number of hydrogen-bond acceptors (Lipinski definition) is 9. The zero-order chi connectivity index (χ0) is 20.6. The minimum Gasteiger partial charge on any atom is -0.465 e. The summed E-state index contributed by atoms with van der Waals surface area (Å²) in [4.78, 5) is 30.8. The highest BCUT2D eigenvalue weighted by molar-refractivity contribution is 8.42. The number of rotatable bonds is 4. The summed E-state index contributed by atoms with van der Waals surface area (Å²) in [5.74, 6) is -2.75. The summed E-state index contributed by atoms with van der Waals surface area (Å²) in [5, 5.41) is 10.5. The van der Waals surface area contributed by atoms with E-state index in [2.05, 4.69) is 10.1 Å². The number of esters is 1. The molecule has 0 radical (unpaired) electrons. The van der Waals surface area contributed by atoms with E-state index in [-0.39, 0.29) is 11.8 Å². The zero-order valence-corrected chi connectivity index (χ0v) is 17.0. The van der Waals surface area contributed by atoms with Gasteiger partial charge in [-0.15, -0.1) is 5.10 Å². The fourth-order valence-corrected chi connectivity index (χ4v) is 4.41. The van der Waals surface area contributed by atoms with Crippen LogP contribution in [0.3, 0.4) is 0 Å². The maximum absolute atomic E-state index is 12.6. The van der Waals surface area contributed by atoms with Gasteiger partial charge in [-0.2, -0.15) is 4.99 Å². The van der Waals surface area contributed by atoms with E-state index in [1.807, 2.05) is 31.1 Å². The number of aliphatic imine (C=N–C) groups is 1. The Hall–Kier alpha value is -2.44. The molecule has 0 spiro atoms. The molecule has 10 nitrogen and oxygen atoms in total. The zero-order valence-electron chi connectivity index (χ0n) is 15.4. The van der Waals surface area contributed by atoms with E-state index in [4.69, 9.17) is 9.88 Å². The van der Waals surface area contributed by atoms with E-state index in [1.54, 1.807) is 19.1 Å². The number of primary sulfonamides is 1. The molecule has 2 aliphatic rings. The summed E-state index contributed by atoms with van der Waals surface area (Å²) in [5.41, 5.74) is 1.50. The molecule has 0 fully saturated rings. The van der Waals surface area contributed by atoms with Crippen LogP contribution in [0, 0.1) is 5.92 Å². The summed E-state index contributed by atoms with van der Waals surface area (Å²) in [6.45, 7) is 1.72. The third-order valence-electron chi connectivity index (χ3n) is 4.15. The lowest BCUT2D eigenvalue weighted by atomic mass is 9.90. The van der Waals surface area contributed by atoms with Crippen LogP contribution >= 0.6 is 11.8 Å². The number of fused-ring (bicyclic) bond motifs is 1. The second kappa shape index (κ2) is 7.53. The van der Waals surface area contributed by atoms with Crippen molar-refractivity contribution in [1.29, 1.82) is 0 Å². The molecular formula is C16H19N5O5S2. The van der Waals surface area contributed by atoms with Gasteiger partial charge >= 0.3 is 5.97 Å². The molecule has 2 aliphatic heterocycles. The first-order valence-corrected chi connectivity index (χ1v) is 10.6. The van der Waals surface area contributed by atoms with Crippen LogP contribution in [0.25, 0.3) is 0 Å². The molecule has 0 bridgehead atoms. The van der Waals surface area contributed by atoms with Crippen molar-refractivity contribution < 1.29 is 22.7 Å². The molecule has 1 aromatic carbocycles. The molecule has 1 amide bonds. The molecule has 12 heteroatoms. The number of sulfonamides is 1. The van der Waals surface area contributed by atoms with Gasteiger partial charge in [-0.1, -0.05) is 12.1 Å². The summed E-state index contributed by atoms with van der Waals surface area (Å²) >= 11 is 0.671. The number of hydrazone groups is 1. The van der Waals surface area contributed by atoms with Gasteiger partial charge in [0.05, 0.1) is 6.61 Å². The second-order valence-electron chi connectivity index (χ2n) is 6.25. The number of amidine groups is 1. The average Bonchev–Trinajstić information content (AvgIpc) is 3.04. The Morgan fingerprint density at radius 1 is 1.32 bits per heavy atom. The SMILES string of the molecule is CCOC(=O)C1C(=O)N=C2SC(S(N)(=O)=O)=NN2C1c1ccc(N(C)C)cc1. The number of hydrogen-bond donors (Lipinski definition) is 1. The Morgan fingerprint density at radius 3 is 2.50 bits per heavy atom. The average molecular weight is 425 g/mol. The highest BCUT2D eigenvalue weighted by atomic mass is 32.3. The highest BCUT2D eigenvalue weighted by Crippen LogP contribution is 2.41. The summed E-state index contributed by atoms with van der Waals surface area (Å²) in [7, 11) is -0.333. The Morgan fingerprint density at radius 2 is 1.96 bits per heavy atom. The normalized spacial score (nSPS) is 21.7. The Bertz CT molecular complexity index is 972. The standard InChI is InChI=1S/C16H19N5O5S2/c1-4-26-14(23)11-12(9-5-7-10(8-6-9)20(2)3)21-15(18-13(11)22)27-16(19-21)28(17,24)25/h5-8,11-12H,4H2,1-3H3,(H2,17,24,25). The minimum absolute atomic E-state index is 0.0521. The van der Waals surface area contributed by atoms with Crippen LogP contribution in [0.5, 0.6) is 0 Å². The molecule has 1 aromatic rings. The molecule has 2 heterocycles. The van der Waals surface area contributed by atoms with E-state index in [0.717, 1.165) is 5.69 Å².